The number of oxazole rings is 1. The van der Waals surface area contributed by atoms with Gasteiger partial charge in [0, 0.05) is 31.0 Å². The molecule has 6 heteroatoms. The summed E-state index contributed by atoms with van der Waals surface area (Å²) >= 11 is 0. The van der Waals surface area contributed by atoms with Crippen LogP contribution < -0.4 is 0 Å². The molecule has 1 saturated carbocycles. The first-order chi connectivity index (χ1) is 11.2. The summed E-state index contributed by atoms with van der Waals surface area (Å²) in [5, 5.41) is 9.04. The van der Waals surface area contributed by atoms with E-state index in [4.69, 9.17) is 9.52 Å². The highest BCUT2D eigenvalue weighted by molar-refractivity contribution is 5.77. The van der Waals surface area contributed by atoms with E-state index in [1.165, 1.54) is 12.1 Å². The van der Waals surface area contributed by atoms with Crippen LogP contribution >= 0.6 is 0 Å². The fraction of sp³-hybridized carbons (Fsp3) is 0.412. The number of aryl methyl sites for hydroxylation is 1. The molecule has 1 amide bonds. The molecule has 0 bridgehead atoms. The molecule has 1 aliphatic rings. The highest BCUT2D eigenvalue weighted by Crippen LogP contribution is 2.27. The van der Waals surface area contributed by atoms with Gasteiger partial charge < -0.3 is 14.4 Å². The van der Waals surface area contributed by atoms with Crippen LogP contribution in [0, 0.1) is 5.82 Å². The Labute approximate surface area is 133 Å². The molecule has 23 heavy (non-hydrogen) atoms. The van der Waals surface area contributed by atoms with Gasteiger partial charge in [0.15, 0.2) is 11.7 Å². The molecule has 1 aromatic carbocycles. The molecule has 122 valence electrons. The number of carbonyl (C=O) groups excluding carboxylic acids is 1. The van der Waals surface area contributed by atoms with E-state index in [1.807, 2.05) is 0 Å². The van der Waals surface area contributed by atoms with Crippen molar-refractivity contribution in [1.29, 1.82) is 0 Å². The summed E-state index contributed by atoms with van der Waals surface area (Å²) in [5.74, 6) is 0.755. The van der Waals surface area contributed by atoms with Gasteiger partial charge in [0.25, 0.3) is 0 Å². The number of benzene rings is 1. The number of carbonyl (C=O) groups is 1. The molecular formula is C17H19FN2O3. The summed E-state index contributed by atoms with van der Waals surface area (Å²) in [6.45, 7) is 0.367. The van der Waals surface area contributed by atoms with Crippen LogP contribution in [0.5, 0.6) is 0 Å². The van der Waals surface area contributed by atoms with Gasteiger partial charge in [-0.15, -0.1) is 0 Å². The van der Waals surface area contributed by atoms with Crippen molar-refractivity contribution in [2.24, 2.45) is 0 Å². The standard InChI is InChI=1S/C17H19FN2O3/c18-13-3-1-12(2-4-13)15-11-19-16(23-15)7-8-17(22)20(9-10-21)14-5-6-14/h1-4,11,14,21H,5-10H2. The Morgan fingerprint density at radius 2 is 2.09 bits per heavy atom. The number of rotatable bonds is 7. The van der Waals surface area contributed by atoms with Gasteiger partial charge in [-0.3, -0.25) is 4.79 Å². The number of hydrogen-bond donors (Lipinski definition) is 1. The number of halogens is 1. The third kappa shape index (κ3) is 3.96. The summed E-state index contributed by atoms with van der Waals surface area (Å²) < 4.78 is 18.5. The molecule has 0 unspecified atom stereocenters. The van der Waals surface area contributed by atoms with Gasteiger partial charge in [0.1, 0.15) is 5.82 Å². The van der Waals surface area contributed by atoms with E-state index in [0.717, 1.165) is 18.4 Å². The highest BCUT2D eigenvalue weighted by Gasteiger charge is 2.31. The maximum absolute atomic E-state index is 12.9. The predicted molar refractivity (Wildman–Crippen MR) is 82.0 cm³/mol. The molecule has 0 atom stereocenters. The van der Waals surface area contributed by atoms with Crippen LogP contribution in [0.25, 0.3) is 11.3 Å². The lowest BCUT2D eigenvalue weighted by Crippen LogP contribution is -2.35. The van der Waals surface area contributed by atoms with Crippen LogP contribution in [0.1, 0.15) is 25.2 Å². The molecule has 1 N–H and O–H groups in total. The topological polar surface area (TPSA) is 66.6 Å². The molecule has 1 aromatic heterocycles. The Balaban J connectivity index is 1.58. The van der Waals surface area contributed by atoms with Gasteiger partial charge in [0.05, 0.1) is 12.8 Å². The molecular weight excluding hydrogens is 299 g/mol. The Morgan fingerprint density at radius 1 is 1.35 bits per heavy atom. The van der Waals surface area contributed by atoms with Crippen molar-refractivity contribution in [3.8, 4) is 11.3 Å². The third-order valence-electron chi connectivity index (χ3n) is 3.88. The zero-order valence-electron chi connectivity index (χ0n) is 12.7. The second kappa shape index (κ2) is 6.91. The van der Waals surface area contributed by atoms with Crippen molar-refractivity contribution in [1.82, 2.24) is 9.88 Å². The van der Waals surface area contributed by atoms with E-state index in [0.29, 0.717) is 31.0 Å². The summed E-state index contributed by atoms with van der Waals surface area (Å²) in [7, 11) is 0. The summed E-state index contributed by atoms with van der Waals surface area (Å²) in [5.41, 5.74) is 0.747. The van der Waals surface area contributed by atoms with Crippen LogP contribution in [0.15, 0.2) is 34.9 Å². The maximum atomic E-state index is 12.9. The lowest BCUT2D eigenvalue weighted by Gasteiger charge is -2.20. The molecule has 1 aliphatic carbocycles. The number of nitrogens with zero attached hydrogens (tertiary/aromatic N) is 2. The normalized spacial score (nSPS) is 14.0. The van der Waals surface area contributed by atoms with Gasteiger partial charge >= 0.3 is 0 Å². The minimum atomic E-state index is -0.303. The lowest BCUT2D eigenvalue weighted by atomic mass is 10.2. The molecule has 2 aromatic rings. The van der Waals surface area contributed by atoms with Gasteiger partial charge in [-0.25, -0.2) is 9.37 Å². The second-order valence-electron chi connectivity index (χ2n) is 5.67. The van der Waals surface area contributed by atoms with Crippen LogP contribution in [0.2, 0.25) is 0 Å². The molecule has 1 heterocycles. The minimum Gasteiger partial charge on any atom is -0.441 e. The zero-order chi connectivity index (χ0) is 16.2. The van der Waals surface area contributed by atoms with E-state index in [1.54, 1.807) is 23.2 Å². The SMILES string of the molecule is O=C(CCc1ncc(-c2ccc(F)cc2)o1)N(CCO)C1CC1. The Hall–Kier alpha value is -2.21. The monoisotopic (exact) mass is 318 g/mol. The molecule has 1 fully saturated rings. The minimum absolute atomic E-state index is 0.0167. The maximum Gasteiger partial charge on any atom is 0.223 e. The van der Waals surface area contributed by atoms with Crippen molar-refractivity contribution in [2.45, 2.75) is 31.7 Å². The van der Waals surface area contributed by atoms with E-state index < -0.39 is 0 Å². The van der Waals surface area contributed by atoms with Crippen LogP contribution in [0.4, 0.5) is 4.39 Å². The predicted octanol–water partition coefficient (Wildman–Crippen LogP) is 2.40. The Bertz CT molecular complexity index is 665. The van der Waals surface area contributed by atoms with E-state index in [-0.39, 0.29) is 24.4 Å². The van der Waals surface area contributed by atoms with Crippen LogP contribution in [0.3, 0.4) is 0 Å². The van der Waals surface area contributed by atoms with Gasteiger partial charge in [0.2, 0.25) is 5.91 Å². The van der Waals surface area contributed by atoms with Gasteiger partial charge in [-0.2, -0.15) is 0 Å². The summed E-state index contributed by atoms with van der Waals surface area (Å²) in [6.07, 6.45) is 4.33. The number of aromatic nitrogens is 1. The Morgan fingerprint density at radius 3 is 2.74 bits per heavy atom. The second-order valence-corrected chi connectivity index (χ2v) is 5.67. The fourth-order valence-electron chi connectivity index (χ4n) is 2.54. The summed E-state index contributed by atoms with van der Waals surface area (Å²) in [6, 6.07) is 6.27. The molecule has 5 nitrogen and oxygen atoms in total. The molecule has 0 spiro atoms. The largest absolute Gasteiger partial charge is 0.441 e. The number of hydrogen-bond acceptors (Lipinski definition) is 4. The molecule has 3 rings (SSSR count). The molecule has 0 saturated heterocycles. The lowest BCUT2D eigenvalue weighted by molar-refractivity contribution is -0.132. The van der Waals surface area contributed by atoms with Gasteiger partial charge in [-0.05, 0) is 37.1 Å². The van der Waals surface area contributed by atoms with Crippen LogP contribution in [-0.2, 0) is 11.2 Å². The first-order valence-electron chi connectivity index (χ1n) is 7.78. The average molecular weight is 318 g/mol. The van der Waals surface area contributed by atoms with E-state index in [9.17, 15) is 9.18 Å². The number of aliphatic hydroxyl groups excluding tert-OH is 1. The smallest absolute Gasteiger partial charge is 0.223 e. The quantitative estimate of drug-likeness (QED) is 0.851. The zero-order valence-corrected chi connectivity index (χ0v) is 12.7. The van der Waals surface area contributed by atoms with E-state index in [2.05, 4.69) is 4.98 Å². The van der Waals surface area contributed by atoms with Gasteiger partial charge in [-0.1, -0.05) is 0 Å². The Kier molecular flexibility index (Phi) is 4.71. The van der Waals surface area contributed by atoms with Crippen molar-refractivity contribution >= 4 is 5.91 Å². The number of amides is 1. The van der Waals surface area contributed by atoms with Crippen LogP contribution in [-0.4, -0.2) is 40.1 Å². The third-order valence-corrected chi connectivity index (χ3v) is 3.88. The van der Waals surface area contributed by atoms with Crippen molar-refractivity contribution < 1.29 is 18.7 Å². The first kappa shape index (κ1) is 15.7. The first-order valence-corrected chi connectivity index (χ1v) is 7.78. The van der Waals surface area contributed by atoms with Crippen molar-refractivity contribution in [3.05, 3.63) is 42.2 Å². The van der Waals surface area contributed by atoms with E-state index >= 15 is 0 Å². The average Bonchev–Trinajstić information content (AvgIpc) is 3.28. The summed E-state index contributed by atoms with van der Waals surface area (Å²) in [4.78, 5) is 18.1. The number of aliphatic hydroxyl groups is 1. The fourth-order valence-corrected chi connectivity index (χ4v) is 2.54. The molecule has 0 aliphatic heterocycles. The molecule has 0 radical (unpaired) electrons. The van der Waals surface area contributed by atoms with Crippen molar-refractivity contribution in [3.63, 3.8) is 0 Å². The highest BCUT2D eigenvalue weighted by atomic mass is 19.1. The van der Waals surface area contributed by atoms with Crippen molar-refractivity contribution in [2.75, 3.05) is 13.2 Å².